The number of nitrogens with zero attached hydrogens (tertiary/aromatic N) is 3. The lowest BCUT2D eigenvalue weighted by Gasteiger charge is -2.31. The van der Waals surface area contributed by atoms with Crippen molar-refractivity contribution in [1.29, 1.82) is 0 Å². The van der Waals surface area contributed by atoms with Crippen LogP contribution < -0.4 is 16.0 Å². The van der Waals surface area contributed by atoms with E-state index in [2.05, 4.69) is 31.0 Å². The summed E-state index contributed by atoms with van der Waals surface area (Å²) in [4.78, 5) is 25.7. The Bertz CT molecular complexity index is 822. The molecular formula is C18H23FN6O2S. The number of rotatable bonds is 6. The van der Waals surface area contributed by atoms with E-state index in [1.165, 1.54) is 23.5 Å². The van der Waals surface area contributed by atoms with Gasteiger partial charge in [0, 0.05) is 32.6 Å². The summed E-state index contributed by atoms with van der Waals surface area (Å²) in [5.74, 6) is -0.296. The highest BCUT2D eigenvalue weighted by atomic mass is 32.1. The zero-order valence-corrected chi connectivity index (χ0v) is 16.4. The maximum absolute atomic E-state index is 13.3. The molecule has 1 aliphatic heterocycles. The van der Waals surface area contributed by atoms with Crippen LogP contribution in [0.1, 0.15) is 23.4 Å². The molecule has 8 nitrogen and oxygen atoms in total. The summed E-state index contributed by atoms with van der Waals surface area (Å²) < 4.78 is 13.3. The molecule has 3 rings (SSSR count). The highest BCUT2D eigenvalue weighted by Crippen LogP contribution is 2.19. The van der Waals surface area contributed by atoms with Crippen LogP contribution in [0.2, 0.25) is 0 Å². The number of halogens is 1. The topological polar surface area (TPSA) is 99.2 Å². The van der Waals surface area contributed by atoms with E-state index in [0.29, 0.717) is 23.1 Å². The van der Waals surface area contributed by atoms with Crippen molar-refractivity contribution in [1.82, 2.24) is 25.7 Å². The van der Waals surface area contributed by atoms with Crippen LogP contribution in [0.5, 0.6) is 0 Å². The monoisotopic (exact) mass is 406 g/mol. The SMILES string of the molecule is CNC(=O)CN1CCC(NC(=O)Nc2nnc(Cc3cccc(F)c3)s2)CC1. The summed E-state index contributed by atoms with van der Waals surface area (Å²) in [7, 11) is 1.62. The second-order valence-electron chi connectivity index (χ2n) is 6.63. The Morgan fingerprint density at radius 2 is 2.07 bits per heavy atom. The first kappa shape index (κ1) is 20.2. The third-order valence-corrected chi connectivity index (χ3v) is 5.34. The molecule has 150 valence electrons. The fraction of sp³-hybridized carbons (Fsp3) is 0.444. The van der Waals surface area contributed by atoms with Crippen LogP contribution in [0.25, 0.3) is 0 Å². The Hall–Kier alpha value is -2.59. The summed E-state index contributed by atoms with van der Waals surface area (Å²) in [6, 6.07) is 6.06. The van der Waals surface area contributed by atoms with Crippen LogP contribution in [-0.2, 0) is 11.2 Å². The number of likely N-dealkylation sites (N-methyl/N-ethyl adjacent to an activating group) is 1. The summed E-state index contributed by atoms with van der Waals surface area (Å²) in [6.45, 7) is 1.90. The minimum absolute atomic E-state index is 0.00512. The molecule has 0 spiro atoms. The minimum atomic E-state index is -0.321. The van der Waals surface area contributed by atoms with Gasteiger partial charge in [-0.2, -0.15) is 0 Å². The minimum Gasteiger partial charge on any atom is -0.358 e. The van der Waals surface area contributed by atoms with Crippen molar-refractivity contribution in [2.24, 2.45) is 0 Å². The molecule has 1 aromatic carbocycles. The molecule has 3 amide bonds. The van der Waals surface area contributed by atoms with Crippen molar-refractivity contribution < 1.29 is 14.0 Å². The van der Waals surface area contributed by atoms with Crippen LogP contribution in [0, 0.1) is 5.82 Å². The van der Waals surface area contributed by atoms with Gasteiger partial charge in [0.05, 0.1) is 6.54 Å². The third-order valence-electron chi connectivity index (χ3n) is 4.50. The first-order valence-corrected chi connectivity index (χ1v) is 9.91. The lowest BCUT2D eigenvalue weighted by molar-refractivity contribution is -0.122. The van der Waals surface area contributed by atoms with E-state index in [1.54, 1.807) is 13.1 Å². The van der Waals surface area contributed by atoms with Gasteiger partial charge in [-0.15, -0.1) is 10.2 Å². The fourth-order valence-corrected chi connectivity index (χ4v) is 3.80. The van der Waals surface area contributed by atoms with Crippen molar-refractivity contribution in [2.75, 3.05) is 32.0 Å². The normalized spacial score (nSPS) is 15.2. The number of aromatic nitrogens is 2. The number of likely N-dealkylation sites (tertiary alicyclic amines) is 1. The molecule has 28 heavy (non-hydrogen) atoms. The van der Waals surface area contributed by atoms with Gasteiger partial charge in [0.2, 0.25) is 11.0 Å². The van der Waals surface area contributed by atoms with Crippen molar-refractivity contribution in [3.8, 4) is 0 Å². The molecule has 0 atom stereocenters. The summed E-state index contributed by atoms with van der Waals surface area (Å²) >= 11 is 1.26. The van der Waals surface area contributed by atoms with Gasteiger partial charge in [-0.05, 0) is 30.5 Å². The highest BCUT2D eigenvalue weighted by Gasteiger charge is 2.22. The Balaban J connectivity index is 1.43. The molecule has 1 saturated heterocycles. The second kappa shape index (κ2) is 9.56. The van der Waals surface area contributed by atoms with E-state index in [4.69, 9.17) is 0 Å². The molecule has 1 aliphatic rings. The van der Waals surface area contributed by atoms with Crippen LogP contribution in [0.4, 0.5) is 14.3 Å². The number of carbonyl (C=O) groups excluding carboxylic acids is 2. The molecule has 10 heteroatoms. The standard InChI is InChI=1S/C18H23FN6O2S/c1-20-15(26)11-25-7-5-14(6-8-25)21-17(27)22-18-24-23-16(28-18)10-12-3-2-4-13(19)9-12/h2-4,9,14H,5-8,10-11H2,1H3,(H,20,26)(H2,21,22,24,27). The number of hydrogen-bond acceptors (Lipinski definition) is 6. The van der Waals surface area contributed by atoms with Crippen molar-refractivity contribution in [2.45, 2.75) is 25.3 Å². The largest absolute Gasteiger partial charge is 0.358 e. The molecule has 0 saturated carbocycles. The van der Waals surface area contributed by atoms with Crippen molar-refractivity contribution in [3.05, 3.63) is 40.7 Å². The summed E-state index contributed by atoms with van der Waals surface area (Å²) in [5.41, 5.74) is 0.802. The molecule has 0 bridgehead atoms. The van der Waals surface area contributed by atoms with Gasteiger partial charge in [-0.1, -0.05) is 23.5 Å². The Morgan fingerprint density at radius 1 is 1.29 bits per heavy atom. The number of urea groups is 1. The maximum atomic E-state index is 13.3. The van der Waals surface area contributed by atoms with Crippen LogP contribution in [0.15, 0.2) is 24.3 Å². The van der Waals surface area contributed by atoms with Crippen molar-refractivity contribution >= 4 is 28.4 Å². The molecule has 3 N–H and O–H groups in total. The first-order chi connectivity index (χ1) is 13.5. The average molecular weight is 406 g/mol. The highest BCUT2D eigenvalue weighted by molar-refractivity contribution is 7.15. The first-order valence-electron chi connectivity index (χ1n) is 9.09. The molecule has 1 fully saturated rings. The van der Waals surface area contributed by atoms with E-state index >= 15 is 0 Å². The van der Waals surface area contributed by atoms with E-state index in [0.717, 1.165) is 31.5 Å². The summed E-state index contributed by atoms with van der Waals surface area (Å²) in [5, 5.41) is 17.4. The Kier molecular flexibility index (Phi) is 6.88. The summed E-state index contributed by atoms with van der Waals surface area (Å²) in [6.07, 6.45) is 2.03. The zero-order chi connectivity index (χ0) is 19.9. The van der Waals surface area contributed by atoms with Gasteiger partial charge in [-0.3, -0.25) is 15.0 Å². The lowest BCUT2D eigenvalue weighted by Crippen LogP contribution is -2.48. The van der Waals surface area contributed by atoms with E-state index in [9.17, 15) is 14.0 Å². The van der Waals surface area contributed by atoms with E-state index in [1.807, 2.05) is 6.07 Å². The van der Waals surface area contributed by atoms with Gasteiger partial charge >= 0.3 is 6.03 Å². The number of carbonyl (C=O) groups is 2. The predicted molar refractivity (Wildman–Crippen MR) is 105 cm³/mol. The van der Waals surface area contributed by atoms with Gasteiger partial charge in [-0.25, -0.2) is 9.18 Å². The van der Waals surface area contributed by atoms with Crippen molar-refractivity contribution in [3.63, 3.8) is 0 Å². The van der Waals surface area contributed by atoms with E-state index in [-0.39, 0.29) is 23.8 Å². The number of benzene rings is 1. The maximum Gasteiger partial charge on any atom is 0.321 e. The third kappa shape index (κ3) is 5.96. The molecular weight excluding hydrogens is 383 g/mol. The van der Waals surface area contributed by atoms with Crippen LogP contribution in [-0.4, -0.2) is 59.8 Å². The fourth-order valence-electron chi connectivity index (χ4n) is 3.03. The molecule has 1 aromatic heterocycles. The lowest BCUT2D eigenvalue weighted by atomic mass is 10.1. The predicted octanol–water partition coefficient (Wildman–Crippen LogP) is 1.60. The van der Waals surface area contributed by atoms with E-state index < -0.39 is 0 Å². The quantitative estimate of drug-likeness (QED) is 0.677. The Morgan fingerprint density at radius 3 is 2.79 bits per heavy atom. The van der Waals surface area contributed by atoms with Gasteiger partial charge < -0.3 is 10.6 Å². The van der Waals surface area contributed by atoms with Gasteiger partial charge in [0.15, 0.2) is 0 Å². The zero-order valence-electron chi connectivity index (χ0n) is 15.6. The Labute approximate surface area is 166 Å². The van der Waals surface area contributed by atoms with Gasteiger partial charge in [0.25, 0.3) is 0 Å². The average Bonchev–Trinajstić information content (AvgIpc) is 3.09. The number of nitrogens with one attached hydrogen (secondary N) is 3. The smallest absolute Gasteiger partial charge is 0.321 e. The number of amides is 3. The van der Waals surface area contributed by atoms with Crippen LogP contribution >= 0.6 is 11.3 Å². The second-order valence-corrected chi connectivity index (χ2v) is 7.69. The molecule has 2 aromatic rings. The molecule has 0 radical (unpaired) electrons. The number of hydrogen-bond donors (Lipinski definition) is 3. The number of anilines is 1. The van der Waals surface area contributed by atoms with Crippen LogP contribution in [0.3, 0.4) is 0 Å². The van der Waals surface area contributed by atoms with Gasteiger partial charge in [0.1, 0.15) is 10.8 Å². The molecule has 2 heterocycles. The number of piperidine rings is 1. The molecule has 0 aliphatic carbocycles. The molecule has 0 unspecified atom stereocenters.